The molecule has 0 saturated carbocycles. The van der Waals surface area contributed by atoms with Gasteiger partial charge in [0.25, 0.3) is 5.91 Å². The third-order valence-electron chi connectivity index (χ3n) is 4.59. The number of nitrogens with one attached hydrogen (secondary N) is 1. The minimum atomic E-state index is -3.41. The van der Waals surface area contributed by atoms with Gasteiger partial charge in [-0.15, -0.1) is 0 Å². The highest BCUT2D eigenvalue weighted by molar-refractivity contribution is 14.1. The summed E-state index contributed by atoms with van der Waals surface area (Å²) in [6.07, 6.45) is 0. The van der Waals surface area contributed by atoms with Crippen LogP contribution in [0.5, 0.6) is 0 Å². The normalized spacial score (nSPS) is 15.4. The third kappa shape index (κ3) is 5.37. The van der Waals surface area contributed by atoms with E-state index in [1.54, 1.807) is 12.1 Å². The van der Waals surface area contributed by atoms with Crippen molar-refractivity contribution in [1.29, 1.82) is 0 Å². The number of halogens is 2. The van der Waals surface area contributed by atoms with E-state index in [2.05, 4.69) is 32.8 Å². The number of piperazine rings is 1. The zero-order chi connectivity index (χ0) is 20.1. The number of hydrogen-bond donors (Lipinski definition) is 1. The summed E-state index contributed by atoms with van der Waals surface area (Å²) in [5.74, 6) is -0.365. The van der Waals surface area contributed by atoms with Gasteiger partial charge in [-0.05, 0) is 59.0 Å². The minimum absolute atomic E-state index is 0.0868. The largest absolute Gasteiger partial charge is 0.369 e. The molecule has 6 nitrogen and oxygen atoms in total. The van der Waals surface area contributed by atoms with Gasteiger partial charge in [-0.3, -0.25) is 4.79 Å². The molecule has 150 valence electrons. The van der Waals surface area contributed by atoms with Crippen molar-refractivity contribution in [3.8, 4) is 0 Å². The fraction of sp³-hybridized carbons (Fsp3) is 0.316. The van der Waals surface area contributed by atoms with Gasteiger partial charge in [0.2, 0.25) is 10.0 Å². The highest BCUT2D eigenvalue weighted by Gasteiger charge is 2.27. The van der Waals surface area contributed by atoms with Crippen LogP contribution in [0.4, 0.5) is 5.69 Å². The van der Waals surface area contributed by atoms with Crippen molar-refractivity contribution in [2.24, 2.45) is 0 Å². The first-order chi connectivity index (χ1) is 13.4. The molecule has 1 heterocycles. The number of anilines is 1. The van der Waals surface area contributed by atoms with Crippen LogP contribution in [0.2, 0.25) is 5.02 Å². The first kappa shape index (κ1) is 21.4. The Morgan fingerprint density at radius 3 is 2.32 bits per heavy atom. The summed E-state index contributed by atoms with van der Waals surface area (Å²) in [4.78, 5) is 14.4. The lowest BCUT2D eigenvalue weighted by atomic mass is 10.2. The van der Waals surface area contributed by atoms with E-state index in [-0.39, 0.29) is 18.2 Å². The van der Waals surface area contributed by atoms with Crippen LogP contribution < -0.4 is 10.2 Å². The number of hydrogen-bond acceptors (Lipinski definition) is 4. The van der Waals surface area contributed by atoms with E-state index in [0.29, 0.717) is 36.8 Å². The number of carbonyl (C=O) groups is 1. The zero-order valence-corrected chi connectivity index (χ0v) is 18.9. The van der Waals surface area contributed by atoms with Crippen LogP contribution in [-0.2, 0) is 10.0 Å². The van der Waals surface area contributed by atoms with Crippen LogP contribution in [-0.4, -0.2) is 57.1 Å². The molecule has 1 fully saturated rings. The summed E-state index contributed by atoms with van der Waals surface area (Å²) in [6.45, 7) is 2.18. The standard InChI is InChI=1S/C19H21ClIN3O3S/c20-15-5-7-16(8-6-15)23-10-12-24(13-11-23)28(26,27)14-9-22-19(25)17-3-1-2-4-18(17)21/h1-8H,9-14H2,(H,22,25). The fourth-order valence-electron chi connectivity index (χ4n) is 3.04. The molecular formula is C19H21ClIN3O3S. The SMILES string of the molecule is O=C(NCCS(=O)(=O)N1CCN(c2ccc(Cl)cc2)CC1)c1ccccc1I. The zero-order valence-electron chi connectivity index (χ0n) is 15.1. The molecule has 9 heteroatoms. The average molecular weight is 534 g/mol. The van der Waals surface area contributed by atoms with E-state index in [0.717, 1.165) is 9.26 Å². The molecule has 1 saturated heterocycles. The van der Waals surface area contributed by atoms with Crippen LogP contribution in [0.15, 0.2) is 48.5 Å². The van der Waals surface area contributed by atoms with Gasteiger partial charge in [-0.2, -0.15) is 4.31 Å². The highest BCUT2D eigenvalue weighted by atomic mass is 127. The van der Waals surface area contributed by atoms with E-state index in [9.17, 15) is 13.2 Å². The number of sulfonamides is 1. The van der Waals surface area contributed by atoms with Crippen LogP contribution in [0.25, 0.3) is 0 Å². The molecule has 1 aliphatic heterocycles. The van der Waals surface area contributed by atoms with E-state index in [1.165, 1.54) is 4.31 Å². The Hall–Kier alpha value is -1.36. The molecule has 1 amide bonds. The van der Waals surface area contributed by atoms with Gasteiger partial charge in [0, 0.05) is 47.0 Å². The highest BCUT2D eigenvalue weighted by Crippen LogP contribution is 2.20. The van der Waals surface area contributed by atoms with E-state index in [1.807, 2.05) is 36.4 Å². The second-order valence-corrected chi connectivity index (χ2v) is 10.1. The maximum absolute atomic E-state index is 12.6. The van der Waals surface area contributed by atoms with Crippen molar-refractivity contribution < 1.29 is 13.2 Å². The number of rotatable bonds is 6. The van der Waals surface area contributed by atoms with Gasteiger partial charge in [-0.25, -0.2) is 8.42 Å². The lowest BCUT2D eigenvalue weighted by molar-refractivity contribution is 0.0955. The topological polar surface area (TPSA) is 69.7 Å². The van der Waals surface area contributed by atoms with Gasteiger partial charge in [0.15, 0.2) is 0 Å². The molecule has 0 atom stereocenters. The maximum atomic E-state index is 12.6. The molecule has 28 heavy (non-hydrogen) atoms. The van der Waals surface area contributed by atoms with Crippen molar-refractivity contribution >= 4 is 55.8 Å². The predicted octanol–water partition coefficient (Wildman–Crippen LogP) is 2.83. The van der Waals surface area contributed by atoms with E-state index in [4.69, 9.17) is 11.6 Å². The Bertz CT molecular complexity index is 930. The van der Waals surface area contributed by atoms with Crippen molar-refractivity contribution in [2.75, 3.05) is 43.4 Å². The lowest BCUT2D eigenvalue weighted by Gasteiger charge is -2.35. The van der Waals surface area contributed by atoms with Gasteiger partial charge in [-0.1, -0.05) is 23.7 Å². The quantitative estimate of drug-likeness (QED) is 0.580. The monoisotopic (exact) mass is 533 g/mol. The molecule has 1 aliphatic rings. The Morgan fingerprint density at radius 2 is 1.68 bits per heavy atom. The van der Waals surface area contributed by atoms with Crippen LogP contribution in [0, 0.1) is 3.57 Å². The summed E-state index contributed by atoms with van der Waals surface area (Å²) in [7, 11) is -3.41. The minimum Gasteiger partial charge on any atom is -0.369 e. The first-order valence-corrected chi connectivity index (χ1v) is 11.9. The molecule has 0 bridgehead atoms. The molecule has 2 aromatic carbocycles. The molecule has 2 aromatic rings. The summed E-state index contributed by atoms with van der Waals surface area (Å²) in [5, 5.41) is 3.38. The van der Waals surface area contributed by atoms with Crippen LogP contribution in [0.1, 0.15) is 10.4 Å². The summed E-state index contributed by atoms with van der Waals surface area (Å²) in [5.41, 5.74) is 1.59. The second kappa shape index (κ2) is 9.43. The molecule has 0 spiro atoms. The van der Waals surface area contributed by atoms with Gasteiger partial charge in [0.1, 0.15) is 0 Å². The van der Waals surface area contributed by atoms with Gasteiger partial charge < -0.3 is 10.2 Å². The van der Waals surface area contributed by atoms with Crippen LogP contribution >= 0.6 is 34.2 Å². The van der Waals surface area contributed by atoms with E-state index < -0.39 is 10.0 Å². The Balaban J connectivity index is 1.49. The third-order valence-corrected chi connectivity index (χ3v) is 7.65. The molecule has 3 rings (SSSR count). The fourth-order valence-corrected chi connectivity index (χ4v) is 5.14. The first-order valence-electron chi connectivity index (χ1n) is 8.88. The molecule has 0 aliphatic carbocycles. The number of amides is 1. The Kier molecular flexibility index (Phi) is 7.19. The lowest BCUT2D eigenvalue weighted by Crippen LogP contribution is -2.50. The number of nitrogens with zero attached hydrogens (tertiary/aromatic N) is 2. The molecule has 0 radical (unpaired) electrons. The Labute approximate surface area is 184 Å². The summed E-state index contributed by atoms with van der Waals surface area (Å²) >= 11 is 8.00. The average Bonchev–Trinajstić information content (AvgIpc) is 2.69. The molecule has 0 aromatic heterocycles. The van der Waals surface area contributed by atoms with Gasteiger partial charge in [0.05, 0.1) is 11.3 Å². The van der Waals surface area contributed by atoms with Gasteiger partial charge >= 0.3 is 0 Å². The molecule has 1 N–H and O–H groups in total. The van der Waals surface area contributed by atoms with Crippen molar-refractivity contribution in [3.05, 3.63) is 62.7 Å². The van der Waals surface area contributed by atoms with E-state index >= 15 is 0 Å². The van der Waals surface area contributed by atoms with Crippen molar-refractivity contribution in [3.63, 3.8) is 0 Å². The van der Waals surface area contributed by atoms with Crippen molar-refractivity contribution in [2.45, 2.75) is 0 Å². The van der Waals surface area contributed by atoms with Crippen LogP contribution in [0.3, 0.4) is 0 Å². The number of benzene rings is 2. The Morgan fingerprint density at radius 1 is 1.04 bits per heavy atom. The van der Waals surface area contributed by atoms with Crippen molar-refractivity contribution in [1.82, 2.24) is 9.62 Å². The number of carbonyl (C=O) groups excluding carboxylic acids is 1. The second-order valence-electron chi connectivity index (χ2n) is 6.41. The summed E-state index contributed by atoms with van der Waals surface area (Å²) in [6, 6.07) is 14.7. The smallest absolute Gasteiger partial charge is 0.252 e. The maximum Gasteiger partial charge on any atom is 0.252 e. The molecule has 0 unspecified atom stereocenters. The summed E-state index contributed by atoms with van der Waals surface area (Å²) < 4.78 is 27.5. The molecular weight excluding hydrogens is 513 g/mol. The predicted molar refractivity (Wildman–Crippen MR) is 121 cm³/mol.